The number of benzene rings is 1. The Morgan fingerprint density at radius 3 is 2.76 bits per heavy atom. The van der Waals surface area contributed by atoms with Crippen molar-refractivity contribution in [2.75, 3.05) is 0 Å². The van der Waals surface area contributed by atoms with Gasteiger partial charge < -0.3 is 5.73 Å². The van der Waals surface area contributed by atoms with E-state index in [1.54, 1.807) is 30.5 Å². The molecule has 17 heavy (non-hydrogen) atoms. The van der Waals surface area contributed by atoms with E-state index in [0.717, 1.165) is 5.56 Å². The molecule has 0 aliphatic heterocycles. The third-order valence-electron chi connectivity index (χ3n) is 2.60. The smallest absolute Gasteiger partial charge is 0.126 e. The number of hydrogen-bond acceptors (Lipinski definition) is 2. The van der Waals surface area contributed by atoms with Crippen LogP contribution in [0.15, 0.2) is 42.7 Å². The monoisotopic (exact) mass is 250 g/mol. The second kappa shape index (κ2) is 5.25. The van der Waals surface area contributed by atoms with Crippen molar-refractivity contribution in [1.82, 2.24) is 4.98 Å². The lowest BCUT2D eigenvalue weighted by molar-refractivity contribution is 0.593. The summed E-state index contributed by atoms with van der Waals surface area (Å²) >= 11 is 5.99. The van der Waals surface area contributed by atoms with Crippen LogP contribution in [0.25, 0.3) is 0 Å². The van der Waals surface area contributed by atoms with Crippen LogP contribution < -0.4 is 5.73 Å². The lowest BCUT2D eigenvalue weighted by Crippen LogP contribution is -2.14. The van der Waals surface area contributed by atoms with Gasteiger partial charge in [0.05, 0.1) is 5.02 Å². The first kappa shape index (κ1) is 12.0. The molecule has 0 spiro atoms. The molecule has 0 aliphatic carbocycles. The summed E-state index contributed by atoms with van der Waals surface area (Å²) in [6.07, 6.45) is 3.58. The van der Waals surface area contributed by atoms with E-state index in [2.05, 4.69) is 4.98 Å². The van der Waals surface area contributed by atoms with E-state index in [0.29, 0.717) is 17.0 Å². The van der Waals surface area contributed by atoms with Crippen molar-refractivity contribution in [2.45, 2.75) is 12.5 Å². The normalized spacial score (nSPS) is 12.4. The number of pyridine rings is 1. The molecule has 0 fully saturated rings. The van der Waals surface area contributed by atoms with Gasteiger partial charge in [0.25, 0.3) is 0 Å². The van der Waals surface area contributed by atoms with Crippen LogP contribution in [-0.4, -0.2) is 4.98 Å². The van der Waals surface area contributed by atoms with Crippen LogP contribution in [-0.2, 0) is 6.42 Å². The maximum absolute atomic E-state index is 13.5. The van der Waals surface area contributed by atoms with E-state index in [1.807, 2.05) is 0 Å². The fourth-order valence-electron chi connectivity index (χ4n) is 1.70. The fraction of sp³-hybridized carbons (Fsp3) is 0.154. The first-order valence-electron chi connectivity index (χ1n) is 5.27. The predicted octanol–water partition coefficient (Wildman–Crippen LogP) is 3.12. The summed E-state index contributed by atoms with van der Waals surface area (Å²) in [6.45, 7) is 0. The van der Waals surface area contributed by atoms with E-state index >= 15 is 0 Å². The highest BCUT2D eigenvalue weighted by atomic mass is 35.5. The molecule has 0 aliphatic rings. The summed E-state index contributed by atoms with van der Waals surface area (Å²) < 4.78 is 13.5. The molecular formula is C13H12ClFN2. The quantitative estimate of drug-likeness (QED) is 0.909. The third-order valence-corrected chi connectivity index (χ3v) is 2.92. The SMILES string of the molecule is NC(Cc1ccccc1F)c1ccncc1Cl. The van der Waals surface area contributed by atoms with Gasteiger partial charge in [0.1, 0.15) is 5.82 Å². The molecule has 1 atom stereocenters. The van der Waals surface area contributed by atoms with Crippen molar-refractivity contribution in [3.8, 4) is 0 Å². The van der Waals surface area contributed by atoms with E-state index in [-0.39, 0.29) is 11.9 Å². The second-order valence-corrected chi connectivity index (χ2v) is 4.21. The number of nitrogens with two attached hydrogens (primary N) is 1. The van der Waals surface area contributed by atoms with E-state index < -0.39 is 0 Å². The van der Waals surface area contributed by atoms with Gasteiger partial charge in [-0.05, 0) is 29.7 Å². The molecule has 1 unspecified atom stereocenters. The third kappa shape index (κ3) is 2.81. The summed E-state index contributed by atoms with van der Waals surface area (Å²) in [6, 6.07) is 8.03. The van der Waals surface area contributed by atoms with E-state index in [9.17, 15) is 4.39 Å². The zero-order chi connectivity index (χ0) is 12.3. The average molecular weight is 251 g/mol. The number of hydrogen-bond donors (Lipinski definition) is 1. The van der Waals surface area contributed by atoms with Crippen molar-refractivity contribution in [1.29, 1.82) is 0 Å². The van der Waals surface area contributed by atoms with E-state index in [1.165, 1.54) is 12.3 Å². The summed E-state index contributed by atoms with van der Waals surface area (Å²) in [7, 11) is 0. The van der Waals surface area contributed by atoms with Gasteiger partial charge in [-0.1, -0.05) is 29.8 Å². The number of aromatic nitrogens is 1. The lowest BCUT2D eigenvalue weighted by atomic mass is 10.0. The highest BCUT2D eigenvalue weighted by Gasteiger charge is 2.12. The molecule has 4 heteroatoms. The number of nitrogens with zero attached hydrogens (tertiary/aromatic N) is 1. The van der Waals surface area contributed by atoms with Gasteiger partial charge in [0.15, 0.2) is 0 Å². The van der Waals surface area contributed by atoms with Crippen LogP contribution in [0.3, 0.4) is 0 Å². The van der Waals surface area contributed by atoms with Crippen LogP contribution in [0.1, 0.15) is 17.2 Å². The van der Waals surface area contributed by atoms with Gasteiger partial charge in [-0.3, -0.25) is 4.98 Å². The largest absolute Gasteiger partial charge is 0.324 e. The molecule has 0 saturated heterocycles. The van der Waals surface area contributed by atoms with Gasteiger partial charge in [0, 0.05) is 18.4 Å². The van der Waals surface area contributed by atoms with Gasteiger partial charge in [-0.25, -0.2) is 4.39 Å². The predicted molar refractivity (Wildman–Crippen MR) is 66.3 cm³/mol. The molecular weight excluding hydrogens is 239 g/mol. The van der Waals surface area contributed by atoms with Gasteiger partial charge >= 0.3 is 0 Å². The van der Waals surface area contributed by atoms with Crippen LogP contribution in [0, 0.1) is 5.82 Å². The molecule has 2 nitrogen and oxygen atoms in total. The first-order valence-corrected chi connectivity index (χ1v) is 5.64. The molecule has 0 saturated carbocycles. The molecule has 0 amide bonds. The Labute approximate surface area is 104 Å². The Kier molecular flexibility index (Phi) is 3.71. The van der Waals surface area contributed by atoms with Crippen LogP contribution in [0.2, 0.25) is 5.02 Å². The highest BCUT2D eigenvalue weighted by Crippen LogP contribution is 2.23. The molecule has 2 N–H and O–H groups in total. The molecule has 1 heterocycles. The average Bonchev–Trinajstić information content (AvgIpc) is 2.32. The lowest BCUT2D eigenvalue weighted by Gasteiger charge is -2.13. The summed E-state index contributed by atoms with van der Waals surface area (Å²) in [4.78, 5) is 3.89. The van der Waals surface area contributed by atoms with E-state index in [4.69, 9.17) is 17.3 Å². The topological polar surface area (TPSA) is 38.9 Å². The molecule has 0 bridgehead atoms. The number of rotatable bonds is 3. The Balaban J connectivity index is 2.20. The minimum atomic E-state index is -0.331. The number of halogens is 2. The maximum atomic E-state index is 13.5. The zero-order valence-electron chi connectivity index (χ0n) is 9.11. The standard InChI is InChI=1S/C13H12ClFN2/c14-11-8-17-6-5-10(11)13(16)7-9-3-1-2-4-12(9)15/h1-6,8,13H,7,16H2. The zero-order valence-corrected chi connectivity index (χ0v) is 9.86. The van der Waals surface area contributed by atoms with Crippen molar-refractivity contribution >= 4 is 11.6 Å². The second-order valence-electron chi connectivity index (χ2n) is 3.80. The first-order chi connectivity index (χ1) is 8.18. The highest BCUT2D eigenvalue weighted by molar-refractivity contribution is 6.31. The fourth-order valence-corrected chi connectivity index (χ4v) is 1.96. The van der Waals surface area contributed by atoms with Crippen LogP contribution in [0.5, 0.6) is 0 Å². The minimum Gasteiger partial charge on any atom is -0.324 e. The minimum absolute atomic E-state index is 0.242. The Bertz CT molecular complexity index is 516. The van der Waals surface area contributed by atoms with Gasteiger partial charge in [0.2, 0.25) is 0 Å². The van der Waals surface area contributed by atoms with Crippen molar-refractivity contribution in [3.05, 3.63) is 64.7 Å². The summed E-state index contributed by atoms with van der Waals surface area (Å²) in [5.41, 5.74) is 7.39. The van der Waals surface area contributed by atoms with Crippen molar-refractivity contribution in [3.63, 3.8) is 0 Å². The molecule has 1 aromatic carbocycles. The Hall–Kier alpha value is -1.45. The Morgan fingerprint density at radius 2 is 2.06 bits per heavy atom. The maximum Gasteiger partial charge on any atom is 0.126 e. The van der Waals surface area contributed by atoms with Crippen molar-refractivity contribution in [2.24, 2.45) is 5.73 Å². The molecule has 2 aromatic rings. The van der Waals surface area contributed by atoms with Gasteiger partial charge in [-0.2, -0.15) is 0 Å². The molecule has 2 rings (SSSR count). The van der Waals surface area contributed by atoms with Crippen molar-refractivity contribution < 1.29 is 4.39 Å². The molecule has 0 radical (unpaired) electrons. The van der Waals surface area contributed by atoms with Gasteiger partial charge in [-0.15, -0.1) is 0 Å². The molecule has 1 aromatic heterocycles. The molecule has 88 valence electrons. The van der Waals surface area contributed by atoms with Crippen LogP contribution in [0.4, 0.5) is 4.39 Å². The van der Waals surface area contributed by atoms with Crippen LogP contribution >= 0.6 is 11.6 Å². The summed E-state index contributed by atoms with van der Waals surface area (Å²) in [5, 5.41) is 0.510. The Morgan fingerprint density at radius 1 is 1.29 bits per heavy atom. The summed E-state index contributed by atoms with van der Waals surface area (Å²) in [5.74, 6) is -0.242.